The number of nitrogens with one attached hydrogen (secondary N) is 1. The van der Waals surface area contributed by atoms with Gasteiger partial charge in [-0.1, -0.05) is 25.8 Å². The minimum atomic E-state index is 0.640. The molecule has 106 valence electrons. The number of rotatable bonds is 5. The average molecular weight is 268 g/mol. The molecule has 0 saturated heterocycles. The molecule has 1 heterocycles. The molecule has 0 saturated carbocycles. The van der Waals surface area contributed by atoms with Crippen LogP contribution in [0.4, 0.5) is 0 Å². The molecule has 2 heteroatoms. The molecule has 1 aromatic heterocycles. The van der Waals surface area contributed by atoms with E-state index in [-0.39, 0.29) is 0 Å². The summed E-state index contributed by atoms with van der Waals surface area (Å²) in [4.78, 5) is 0. The largest absolute Gasteiger partial charge is 0.333 e. The lowest BCUT2D eigenvalue weighted by Gasteiger charge is -2.08. The van der Waals surface area contributed by atoms with Crippen LogP contribution in [0.5, 0.6) is 0 Å². The zero-order valence-electron chi connectivity index (χ0n) is 13.0. The lowest BCUT2D eigenvalue weighted by molar-refractivity contribution is 0.552. The molecule has 0 radical (unpaired) electrons. The second-order valence-corrected chi connectivity index (χ2v) is 5.88. The van der Waals surface area contributed by atoms with Crippen LogP contribution in [-0.4, -0.2) is 11.1 Å². The lowest BCUT2D eigenvalue weighted by atomic mass is 10.1. The molecule has 0 atom stereocenters. The van der Waals surface area contributed by atoms with Crippen LogP contribution in [-0.2, 0) is 13.1 Å². The van der Waals surface area contributed by atoms with Crippen LogP contribution >= 0.6 is 0 Å². The van der Waals surface area contributed by atoms with Crippen molar-refractivity contribution >= 4 is 10.9 Å². The number of benzene rings is 1. The highest BCUT2D eigenvalue weighted by Gasteiger charge is 2.10. The van der Waals surface area contributed by atoms with Gasteiger partial charge in [0.25, 0.3) is 0 Å². The van der Waals surface area contributed by atoms with E-state index in [4.69, 9.17) is 6.42 Å². The molecule has 0 aliphatic heterocycles. The molecule has 1 aromatic carbocycles. The Balaban J connectivity index is 2.30. The van der Waals surface area contributed by atoms with Gasteiger partial charge < -0.3 is 9.88 Å². The Bertz CT molecular complexity index is 641. The molecule has 2 aromatic rings. The summed E-state index contributed by atoms with van der Waals surface area (Å²) in [6.45, 7) is 11.4. The molecule has 0 unspecified atom stereocenters. The van der Waals surface area contributed by atoms with Gasteiger partial charge in [0.15, 0.2) is 0 Å². The molecule has 20 heavy (non-hydrogen) atoms. The van der Waals surface area contributed by atoms with E-state index in [0.29, 0.717) is 12.5 Å². The second kappa shape index (κ2) is 6.15. The summed E-state index contributed by atoms with van der Waals surface area (Å²) >= 11 is 0. The van der Waals surface area contributed by atoms with Crippen molar-refractivity contribution < 1.29 is 0 Å². The van der Waals surface area contributed by atoms with Crippen molar-refractivity contribution in [2.45, 2.75) is 40.8 Å². The lowest BCUT2D eigenvalue weighted by Crippen LogP contribution is -2.18. The number of hydrogen-bond acceptors (Lipinski definition) is 1. The molecule has 0 fully saturated rings. The first-order valence-corrected chi connectivity index (χ1v) is 7.27. The van der Waals surface area contributed by atoms with E-state index in [1.165, 1.54) is 27.7 Å². The quantitative estimate of drug-likeness (QED) is 0.819. The highest BCUT2D eigenvalue weighted by atomic mass is 15.0. The minimum absolute atomic E-state index is 0.640. The van der Waals surface area contributed by atoms with Crippen molar-refractivity contribution in [3.05, 3.63) is 35.0 Å². The standard InChI is InChI=1S/C18H24N2/c1-6-9-20-15(5)14(4)17-10-16(7-8-18(17)20)12-19-11-13(2)3/h1,7-8,10,13,19H,9,11-12H2,2-5H3. The Labute approximate surface area is 122 Å². The summed E-state index contributed by atoms with van der Waals surface area (Å²) in [5.74, 6) is 3.42. The third kappa shape index (κ3) is 2.89. The number of aromatic nitrogens is 1. The van der Waals surface area contributed by atoms with Gasteiger partial charge in [0.2, 0.25) is 0 Å². The van der Waals surface area contributed by atoms with E-state index in [0.717, 1.165) is 13.1 Å². The van der Waals surface area contributed by atoms with Crippen molar-refractivity contribution in [3.63, 3.8) is 0 Å². The van der Waals surface area contributed by atoms with Crippen LogP contribution in [0, 0.1) is 32.1 Å². The SMILES string of the molecule is C#CCn1c(C)c(C)c2cc(CNCC(C)C)ccc21. The fourth-order valence-corrected chi connectivity index (χ4v) is 2.61. The summed E-state index contributed by atoms with van der Waals surface area (Å²) in [7, 11) is 0. The first kappa shape index (κ1) is 14.7. The average Bonchev–Trinajstić information content (AvgIpc) is 2.64. The number of aryl methyl sites for hydroxylation is 1. The minimum Gasteiger partial charge on any atom is -0.333 e. The van der Waals surface area contributed by atoms with E-state index in [2.05, 4.69) is 61.7 Å². The first-order valence-electron chi connectivity index (χ1n) is 7.27. The van der Waals surface area contributed by atoms with Crippen LogP contribution in [0.3, 0.4) is 0 Å². The van der Waals surface area contributed by atoms with Crippen LogP contribution < -0.4 is 5.32 Å². The molecule has 0 spiro atoms. The van der Waals surface area contributed by atoms with Gasteiger partial charge in [-0.15, -0.1) is 6.42 Å². The fraction of sp³-hybridized carbons (Fsp3) is 0.444. The smallest absolute Gasteiger partial charge is 0.0837 e. The summed E-state index contributed by atoms with van der Waals surface area (Å²) in [6, 6.07) is 6.68. The first-order chi connectivity index (χ1) is 9.54. The van der Waals surface area contributed by atoms with Gasteiger partial charge in [0.1, 0.15) is 0 Å². The van der Waals surface area contributed by atoms with Gasteiger partial charge in [-0.25, -0.2) is 0 Å². The van der Waals surface area contributed by atoms with E-state index < -0.39 is 0 Å². The van der Waals surface area contributed by atoms with Crippen LogP contribution in [0.1, 0.15) is 30.7 Å². The van der Waals surface area contributed by atoms with Crippen LogP contribution in [0.2, 0.25) is 0 Å². The highest BCUT2D eigenvalue weighted by Crippen LogP contribution is 2.26. The monoisotopic (exact) mass is 268 g/mol. The van der Waals surface area contributed by atoms with Crippen molar-refractivity contribution in [3.8, 4) is 12.3 Å². The van der Waals surface area contributed by atoms with Gasteiger partial charge in [-0.2, -0.15) is 0 Å². The third-order valence-electron chi connectivity index (χ3n) is 3.83. The van der Waals surface area contributed by atoms with Crippen LogP contribution in [0.15, 0.2) is 18.2 Å². The number of terminal acetylenes is 1. The zero-order chi connectivity index (χ0) is 14.7. The summed E-state index contributed by atoms with van der Waals surface area (Å²) in [5.41, 5.74) is 5.18. The zero-order valence-corrected chi connectivity index (χ0v) is 13.0. The Morgan fingerprint density at radius 3 is 2.70 bits per heavy atom. The normalized spacial score (nSPS) is 11.2. The van der Waals surface area contributed by atoms with E-state index in [9.17, 15) is 0 Å². The predicted molar refractivity (Wildman–Crippen MR) is 86.8 cm³/mol. The van der Waals surface area contributed by atoms with E-state index >= 15 is 0 Å². The van der Waals surface area contributed by atoms with Crippen molar-refractivity contribution in [1.82, 2.24) is 9.88 Å². The number of nitrogens with zero attached hydrogens (tertiary/aromatic N) is 1. The number of hydrogen-bond donors (Lipinski definition) is 1. The van der Waals surface area contributed by atoms with E-state index in [1.807, 2.05) is 0 Å². The van der Waals surface area contributed by atoms with Gasteiger partial charge >= 0.3 is 0 Å². The van der Waals surface area contributed by atoms with Gasteiger partial charge in [0, 0.05) is 23.1 Å². The molecular formula is C18H24N2. The molecule has 2 nitrogen and oxygen atoms in total. The van der Waals surface area contributed by atoms with Crippen molar-refractivity contribution in [1.29, 1.82) is 0 Å². The molecule has 2 rings (SSSR count). The Morgan fingerprint density at radius 1 is 1.30 bits per heavy atom. The maximum Gasteiger partial charge on any atom is 0.0837 e. The molecule has 0 aliphatic rings. The predicted octanol–water partition coefficient (Wildman–Crippen LogP) is 3.64. The Hall–Kier alpha value is -1.72. The summed E-state index contributed by atoms with van der Waals surface area (Å²) < 4.78 is 2.22. The van der Waals surface area contributed by atoms with Gasteiger partial charge in [-0.3, -0.25) is 0 Å². The highest BCUT2D eigenvalue weighted by molar-refractivity contribution is 5.86. The maximum atomic E-state index is 5.47. The maximum absolute atomic E-state index is 5.47. The molecule has 0 amide bonds. The fourth-order valence-electron chi connectivity index (χ4n) is 2.61. The third-order valence-corrected chi connectivity index (χ3v) is 3.83. The second-order valence-electron chi connectivity index (χ2n) is 5.88. The van der Waals surface area contributed by atoms with Gasteiger partial charge in [-0.05, 0) is 49.6 Å². The summed E-state index contributed by atoms with van der Waals surface area (Å²) in [6.07, 6.45) is 5.47. The van der Waals surface area contributed by atoms with Gasteiger partial charge in [0.05, 0.1) is 6.54 Å². The molecule has 0 bridgehead atoms. The van der Waals surface area contributed by atoms with Crippen molar-refractivity contribution in [2.75, 3.05) is 6.54 Å². The Morgan fingerprint density at radius 2 is 2.05 bits per heavy atom. The number of fused-ring (bicyclic) bond motifs is 1. The van der Waals surface area contributed by atoms with Crippen molar-refractivity contribution in [2.24, 2.45) is 5.92 Å². The summed E-state index contributed by atoms with van der Waals surface area (Å²) in [5, 5.41) is 4.81. The molecule has 1 N–H and O–H groups in total. The molecule has 0 aliphatic carbocycles. The molecular weight excluding hydrogens is 244 g/mol. The van der Waals surface area contributed by atoms with E-state index in [1.54, 1.807) is 0 Å². The topological polar surface area (TPSA) is 17.0 Å². The Kier molecular flexibility index (Phi) is 4.52. The van der Waals surface area contributed by atoms with Crippen LogP contribution in [0.25, 0.3) is 10.9 Å².